The molecule has 1 aliphatic carbocycles. The smallest absolute Gasteiger partial charge is 0.273 e. The van der Waals surface area contributed by atoms with Crippen molar-refractivity contribution < 1.29 is 5.02 Å². The van der Waals surface area contributed by atoms with Crippen molar-refractivity contribution in [3.8, 4) is 0 Å². The molecule has 46 valence electrons. The zero-order chi connectivity index (χ0) is 5.82. The van der Waals surface area contributed by atoms with E-state index in [-0.39, 0.29) is 0 Å². The Morgan fingerprint density at radius 2 is 1.75 bits per heavy atom. The first kappa shape index (κ1) is 6.15. The van der Waals surface area contributed by atoms with E-state index in [4.69, 9.17) is 5.02 Å². The summed E-state index contributed by atoms with van der Waals surface area (Å²) in [5.74, 6) is 0.642. The molecule has 0 atom stereocenters. The highest BCUT2D eigenvalue weighted by Crippen LogP contribution is 2.26. The Labute approximate surface area is 51.4 Å². The van der Waals surface area contributed by atoms with Crippen LogP contribution in [0.5, 0.6) is 0 Å². The Balaban J connectivity index is 2.13. The molecule has 0 unspecified atom stereocenters. The van der Waals surface area contributed by atoms with Crippen LogP contribution in [0.2, 0.25) is 5.82 Å². The number of hydrogen-bond acceptors (Lipinski definition) is 1. The van der Waals surface area contributed by atoms with Gasteiger partial charge >= 0.3 is 0 Å². The monoisotopic (exact) mass is 112 g/mol. The summed E-state index contributed by atoms with van der Waals surface area (Å²) in [7, 11) is 0.417. The fourth-order valence-corrected chi connectivity index (χ4v) is 1.37. The molecule has 0 aromatic carbocycles. The van der Waals surface area contributed by atoms with Gasteiger partial charge in [0.2, 0.25) is 0 Å². The van der Waals surface area contributed by atoms with Gasteiger partial charge in [0, 0.05) is 0 Å². The lowest BCUT2D eigenvalue weighted by atomic mass is 9.71. The molecule has 8 heavy (non-hydrogen) atoms. The zero-order valence-corrected chi connectivity index (χ0v) is 5.27. The third-order valence-electron chi connectivity index (χ3n) is 1.98. The van der Waals surface area contributed by atoms with E-state index in [2.05, 4.69) is 0 Å². The van der Waals surface area contributed by atoms with Crippen LogP contribution in [0.4, 0.5) is 0 Å². The second kappa shape index (κ2) is 3.13. The summed E-state index contributed by atoms with van der Waals surface area (Å²) in [4.78, 5) is 0. The van der Waals surface area contributed by atoms with Crippen LogP contribution in [0.15, 0.2) is 0 Å². The fourth-order valence-electron chi connectivity index (χ4n) is 1.37. The molecule has 1 N–H and O–H groups in total. The molecule has 1 rings (SSSR count). The van der Waals surface area contributed by atoms with Gasteiger partial charge in [-0.25, -0.2) is 0 Å². The van der Waals surface area contributed by atoms with E-state index < -0.39 is 0 Å². The fraction of sp³-hybridized carbons (Fsp3) is 1.00. The highest BCUT2D eigenvalue weighted by atomic mass is 16.2. The molecule has 2 heteroatoms. The van der Waals surface area contributed by atoms with Crippen LogP contribution >= 0.6 is 0 Å². The molecule has 1 saturated carbocycles. The second-order valence-electron chi connectivity index (χ2n) is 2.69. The predicted octanol–water partition coefficient (Wildman–Crippen LogP) is 1.08. The van der Waals surface area contributed by atoms with E-state index >= 15 is 0 Å². The van der Waals surface area contributed by atoms with Crippen LogP contribution < -0.4 is 0 Å². The largest absolute Gasteiger partial charge is 0.454 e. The van der Waals surface area contributed by atoms with Crippen molar-refractivity contribution in [1.29, 1.82) is 0 Å². The first-order chi connectivity index (χ1) is 3.93. The van der Waals surface area contributed by atoms with E-state index in [9.17, 15) is 0 Å². The Morgan fingerprint density at radius 1 is 1.12 bits per heavy atom. The van der Waals surface area contributed by atoms with E-state index in [1.807, 2.05) is 0 Å². The molecule has 1 nitrogen and oxygen atoms in total. The van der Waals surface area contributed by atoms with Gasteiger partial charge in [0.25, 0.3) is 7.48 Å². The van der Waals surface area contributed by atoms with E-state index in [0.29, 0.717) is 13.3 Å². The van der Waals surface area contributed by atoms with Crippen LogP contribution in [0.25, 0.3) is 0 Å². The maximum Gasteiger partial charge on any atom is 0.273 e. The molecular weight excluding hydrogens is 98.9 g/mol. The maximum atomic E-state index is 8.69. The molecule has 0 bridgehead atoms. The third kappa shape index (κ3) is 1.51. The summed E-state index contributed by atoms with van der Waals surface area (Å²) >= 11 is 0. The number of rotatable bonds is 1. The van der Waals surface area contributed by atoms with E-state index in [1.54, 1.807) is 0 Å². The SMILES string of the molecule is OBC1CCCCC1. The molecule has 0 heterocycles. The molecule has 0 aromatic rings. The van der Waals surface area contributed by atoms with Crippen molar-refractivity contribution in [2.45, 2.75) is 37.9 Å². The molecule has 0 radical (unpaired) electrons. The normalized spacial score (nSPS) is 23.1. The van der Waals surface area contributed by atoms with Gasteiger partial charge in [-0.15, -0.1) is 0 Å². The standard InChI is InChI=1S/C6H13BO/c8-7-6-4-2-1-3-5-6/h6-8H,1-5H2. The molecule has 0 aliphatic heterocycles. The molecular formula is C6H13BO. The first-order valence-electron chi connectivity index (χ1n) is 3.54. The van der Waals surface area contributed by atoms with Crippen LogP contribution in [-0.2, 0) is 0 Å². The maximum absolute atomic E-state index is 8.69. The van der Waals surface area contributed by atoms with Crippen LogP contribution in [0.3, 0.4) is 0 Å². The Bertz CT molecular complexity index is 59.5. The summed E-state index contributed by atoms with van der Waals surface area (Å²) in [6, 6.07) is 0. The molecule has 0 saturated heterocycles. The topological polar surface area (TPSA) is 20.2 Å². The van der Waals surface area contributed by atoms with Crippen molar-refractivity contribution in [3.05, 3.63) is 0 Å². The van der Waals surface area contributed by atoms with Gasteiger partial charge in [0.1, 0.15) is 0 Å². The summed E-state index contributed by atoms with van der Waals surface area (Å²) < 4.78 is 0. The molecule has 1 aliphatic rings. The van der Waals surface area contributed by atoms with Crippen molar-refractivity contribution in [2.75, 3.05) is 0 Å². The highest BCUT2D eigenvalue weighted by molar-refractivity contribution is 6.27. The summed E-state index contributed by atoms with van der Waals surface area (Å²) in [5, 5.41) is 8.69. The second-order valence-corrected chi connectivity index (χ2v) is 2.69. The average Bonchev–Trinajstić information content (AvgIpc) is 1.90. The van der Waals surface area contributed by atoms with E-state index in [1.165, 1.54) is 32.1 Å². The third-order valence-corrected chi connectivity index (χ3v) is 1.98. The van der Waals surface area contributed by atoms with Crippen LogP contribution in [-0.4, -0.2) is 12.5 Å². The van der Waals surface area contributed by atoms with Crippen LogP contribution in [0.1, 0.15) is 32.1 Å². The van der Waals surface area contributed by atoms with Gasteiger partial charge in [0.05, 0.1) is 0 Å². The first-order valence-corrected chi connectivity index (χ1v) is 3.54. The Kier molecular flexibility index (Phi) is 2.41. The van der Waals surface area contributed by atoms with E-state index in [0.717, 1.165) is 0 Å². The molecule has 0 spiro atoms. The van der Waals surface area contributed by atoms with Crippen molar-refractivity contribution in [3.63, 3.8) is 0 Å². The summed E-state index contributed by atoms with van der Waals surface area (Å²) in [6.45, 7) is 0. The van der Waals surface area contributed by atoms with Gasteiger partial charge in [0.15, 0.2) is 0 Å². The predicted molar refractivity (Wildman–Crippen MR) is 36.2 cm³/mol. The van der Waals surface area contributed by atoms with Crippen molar-refractivity contribution in [2.24, 2.45) is 0 Å². The molecule has 1 fully saturated rings. The summed E-state index contributed by atoms with van der Waals surface area (Å²) in [5.41, 5.74) is 0. The minimum Gasteiger partial charge on any atom is -0.454 e. The average molecular weight is 112 g/mol. The quantitative estimate of drug-likeness (QED) is 0.503. The van der Waals surface area contributed by atoms with Crippen molar-refractivity contribution in [1.82, 2.24) is 0 Å². The minimum atomic E-state index is 0.417. The van der Waals surface area contributed by atoms with Crippen LogP contribution in [0, 0.1) is 0 Å². The van der Waals surface area contributed by atoms with Gasteiger partial charge in [-0.1, -0.05) is 32.1 Å². The Morgan fingerprint density at radius 3 is 2.12 bits per heavy atom. The van der Waals surface area contributed by atoms with Gasteiger partial charge in [-0.3, -0.25) is 0 Å². The molecule has 0 amide bonds. The lowest BCUT2D eigenvalue weighted by Crippen LogP contribution is -2.06. The minimum absolute atomic E-state index is 0.417. The number of hydrogen-bond donors (Lipinski definition) is 1. The van der Waals surface area contributed by atoms with Crippen molar-refractivity contribution >= 4 is 7.48 Å². The summed E-state index contributed by atoms with van der Waals surface area (Å²) in [6.07, 6.45) is 6.58. The lowest BCUT2D eigenvalue weighted by Gasteiger charge is -2.17. The zero-order valence-electron chi connectivity index (χ0n) is 5.27. The van der Waals surface area contributed by atoms with Gasteiger partial charge in [-0.05, 0) is 5.82 Å². The van der Waals surface area contributed by atoms with Gasteiger partial charge in [-0.2, -0.15) is 0 Å². The highest BCUT2D eigenvalue weighted by Gasteiger charge is 2.12. The van der Waals surface area contributed by atoms with Gasteiger partial charge < -0.3 is 5.02 Å². The Hall–Kier alpha value is 0.0249. The lowest BCUT2D eigenvalue weighted by molar-refractivity contribution is 0.465. The molecule has 0 aromatic heterocycles.